The molecule has 0 N–H and O–H groups in total. The van der Waals surface area contributed by atoms with E-state index in [1.807, 2.05) is 0 Å². The summed E-state index contributed by atoms with van der Waals surface area (Å²) >= 11 is 0. The minimum atomic E-state index is -0.753. The zero-order valence-corrected chi connectivity index (χ0v) is 9.66. The number of ketones is 2. The maximum absolute atomic E-state index is 13.5. The normalized spacial score (nSPS) is 12.6. The molecular weight excluding hydrogens is 207 g/mol. The van der Waals surface area contributed by atoms with Gasteiger partial charge in [0.2, 0.25) is 0 Å². The van der Waals surface area contributed by atoms with Crippen LogP contribution in [0.4, 0.5) is 4.39 Å². The van der Waals surface area contributed by atoms with Crippen molar-refractivity contribution in [3.63, 3.8) is 0 Å². The Morgan fingerprint density at radius 2 is 1.62 bits per heavy atom. The molecule has 0 aromatic heterocycles. The van der Waals surface area contributed by atoms with Crippen LogP contribution in [0.15, 0.2) is 24.3 Å². The lowest BCUT2D eigenvalue weighted by molar-refractivity contribution is -0.131. The zero-order chi connectivity index (χ0) is 12.3. The molecule has 0 aliphatic heterocycles. The minimum Gasteiger partial charge on any atom is -0.299 e. The Bertz CT molecular complexity index is 398. The Hall–Kier alpha value is -1.51. The second-order valence-electron chi connectivity index (χ2n) is 4.01. The van der Waals surface area contributed by atoms with Crippen LogP contribution in [0.1, 0.15) is 32.3 Å². The summed E-state index contributed by atoms with van der Waals surface area (Å²) in [5.74, 6) is -1.98. The fourth-order valence-corrected chi connectivity index (χ4v) is 2.01. The highest BCUT2D eigenvalue weighted by Crippen LogP contribution is 2.27. The lowest BCUT2D eigenvalue weighted by Crippen LogP contribution is -2.25. The first-order valence-corrected chi connectivity index (χ1v) is 5.20. The van der Waals surface area contributed by atoms with Gasteiger partial charge in [-0.05, 0) is 25.5 Å². The SMILES string of the molecule is CC(=O)C(C(C)=O)C(C)c1ccccc1F. The molecule has 1 rings (SSSR count). The van der Waals surface area contributed by atoms with Crippen LogP contribution in [0.5, 0.6) is 0 Å². The van der Waals surface area contributed by atoms with Gasteiger partial charge in [0.15, 0.2) is 0 Å². The fourth-order valence-electron chi connectivity index (χ4n) is 2.01. The van der Waals surface area contributed by atoms with Crippen LogP contribution in [0.25, 0.3) is 0 Å². The molecule has 0 heterocycles. The van der Waals surface area contributed by atoms with E-state index in [0.29, 0.717) is 5.56 Å². The Morgan fingerprint density at radius 1 is 1.12 bits per heavy atom. The van der Waals surface area contributed by atoms with Gasteiger partial charge in [0, 0.05) is 5.92 Å². The van der Waals surface area contributed by atoms with Crippen molar-refractivity contribution in [3.05, 3.63) is 35.6 Å². The van der Waals surface area contributed by atoms with Crippen molar-refractivity contribution < 1.29 is 14.0 Å². The summed E-state index contributed by atoms with van der Waals surface area (Å²) in [7, 11) is 0. The van der Waals surface area contributed by atoms with Gasteiger partial charge in [-0.1, -0.05) is 25.1 Å². The van der Waals surface area contributed by atoms with Gasteiger partial charge in [0.05, 0.1) is 5.92 Å². The highest BCUT2D eigenvalue weighted by molar-refractivity contribution is 6.01. The van der Waals surface area contributed by atoms with E-state index in [9.17, 15) is 14.0 Å². The zero-order valence-electron chi connectivity index (χ0n) is 9.66. The first kappa shape index (κ1) is 12.6. The summed E-state index contributed by atoms with van der Waals surface area (Å²) in [6.07, 6.45) is 0. The molecule has 1 unspecified atom stereocenters. The highest BCUT2D eigenvalue weighted by atomic mass is 19.1. The van der Waals surface area contributed by atoms with Crippen LogP contribution in [-0.4, -0.2) is 11.6 Å². The first-order valence-electron chi connectivity index (χ1n) is 5.20. The molecule has 1 atom stereocenters. The van der Waals surface area contributed by atoms with Crippen molar-refractivity contribution in [1.29, 1.82) is 0 Å². The van der Waals surface area contributed by atoms with Crippen LogP contribution in [0.3, 0.4) is 0 Å². The third-order valence-corrected chi connectivity index (χ3v) is 2.77. The van der Waals surface area contributed by atoms with E-state index in [1.165, 1.54) is 19.9 Å². The fraction of sp³-hybridized carbons (Fsp3) is 0.385. The largest absolute Gasteiger partial charge is 0.299 e. The predicted molar refractivity (Wildman–Crippen MR) is 59.7 cm³/mol. The molecular formula is C13H15FO2. The third kappa shape index (κ3) is 2.54. The van der Waals surface area contributed by atoms with Crippen LogP contribution < -0.4 is 0 Å². The van der Waals surface area contributed by atoms with Crippen molar-refractivity contribution in [3.8, 4) is 0 Å². The summed E-state index contributed by atoms with van der Waals surface area (Å²) in [5.41, 5.74) is 0.415. The number of hydrogen-bond donors (Lipinski definition) is 0. The molecule has 2 nitrogen and oxygen atoms in total. The molecule has 1 aromatic carbocycles. The smallest absolute Gasteiger partial charge is 0.140 e. The molecule has 0 amide bonds. The summed E-state index contributed by atoms with van der Waals surface area (Å²) in [5, 5.41) is 0. The number of Topliss-reactive ketones (excluding diaryl/α,β-unsaturated/α-hetero) is 2. The van der Waals surface area contributed by atoms with Gasteiger partial charge in [-0.2, -0.15) is 0 Å². The lowest BCUT2D eigenvalue weighted by Gasteiger charge is -2.19. The van der Waals surface area contributed by atoms with E-state index in [4.69, 9.17) is 0 Å². The number of carbonyl (C=O) groups excluding carboxylic acids is 2. The van der Waals surface area contributed by atoms with E-state index in [2.05, 4.69) is 0 Å². The third-order valence-electron chi connectivity index (χ3n) is 2.77. The molecule has 0 radical (unpaired) electrons. The number of rotatable bonds is 4. The maximum Gasteiger partial charge on any atom is 0.140 e. The van der Waals surface area contributed by atoms with Gasteiger partial charge in [0.25, 0.3) is 0 Å². The van der Waals surface area contributed by atoms with Gasteiger partial charge in [-0.25, -0.2) is 4.39 Å². The van der Waals surface area contributed by atoms with Crippen LogP contribution in [0.2, 0.25) is 0 Å². The van der Waals surface area contributed by atoms with E-state index >= 15 is 0 Å². The van der Waals surface area contributed by atoms with Crippen LogP contribution >= 0.6 is 0 Å². The van der Waals surface area contributed by atoms with Gasteiger partial charge < -0.3 is 0 Å². The average molecular weight is 222 g/mol. The molecule has 0 fully saturated rings. The standard InChI is InChI=1S/C13H15FO2/c1-8(13(9(2)15)10(3)16)11-6-4-5-7-12(11)14/h4-8,13H,1-3H3. The highest BCUT2D eigenvalue weighted by Gasteiger charge is 2.28. The maximum atomic E-state index is 13.5. The van der Waals surface area contributed by atoms with Gasteiger partial charge >= 0.3 is 0 Å². The van der Waals surface area contributed by atoms with Gasteiger partial charge in [0.1, 0.15) is 17.4 Å². The molecule has 0 bridgehead atoms. The molecule has 16 heavy (non-hydrogen) atoms. The van der Waals surface area contributed by atoms with Crippen molar-refractivity contribution in [2.45, 2.75) is 26.7 Å². The average Bonchev–Trinajstić information content (AvgIpc) is 2.16. The summed E-state index contributed by atoms with van der Waals surface area (Å²) in [6.45, 7) is 4.43. The predicted octanol–water partition coefficient (Wildman–Crippen LogP) is 2.72. The topological polar surface area (TPSA) is 34.1 Å². The Labute approximate surface area is 94.5 Å². The Balaban J connectivity index is 3.09. The number of hydrogen-bond acceptors (Lipinski definition) is 2. The van der Waals surface area contributed by atoms with Crippen LogP contribution in [-0.2, 0) is 9.59 Å². The van der Waals surface area contributed by atoms with Crippen molar-refractivity contribution in [2.75, 3.05) is 0 Å². The molecule has 0 saturated heterocycles. The van der Waals surface area contributed by atoms with Crippen LogP contribution in [0, 0.1) is 11.7 Å². The number of halogens is 1. The molecule has 0 aliphatic carbocycles. The molecule has 3 heteroatoms. The summed E-state index contributed by atoms with van der Waals surface area (Å²) in [6, 6.07) is 6.23. The van der Waals surface area contributed by atoms with E-state index in [1.54, 1.807) is 25.1 Å². The number of benzene rings is 1. The first-order chi connectivity index (χ1) is 7.45. The van der Waals surface area contributed by atoms with Crippen molar-refractivity contribution >= 4 is 11.6 Å². The van der Waals surface area contributed by atoms with Crippen molar-refractivity contribution in [2.24, 2.45) is 5.92 Å². The van der Waals surface area contributed by atoms with Crippen molar-refractivity contribution in [1.82, 2.24) is 0 Å². The lowest BCUT2D eigenvalue weighted by atomic mass is 9.82. The molecule has 0 saturated carbocycles. The quantitative estimate of drug-likeness (QED) is 0.734. The van der Waals surface area contributed by atoms with E-state index < -0.39 is 11.8 Å². The van der Waals surface area contributed by atoms with E-state index in [0.717, 1.165) is 0 Å². The number of carbonyl (C=O) groups is 2. The molecule has 1 aromatic rings. The van der Waals surface area contributed by atoms with Gasteiger partial charge in [-0.15, -0.1) is 0 Å². The monoisotopic (exact) mass is 222 g/mol. The van der Waals surface area contributed by atoms with E-state index in [-0.39, 0.29) is 17.4 Å². The summed E-state index contributed by atoms with van der Waals surface area (Å²) < 4.78 is 13.5. The Kier molecular flexibility index (Phi) is 3.93. The summed E-state index contributed by atoms with van der Waals surface area (Å²) in [4.78, 5) is 22.7. The molecule has 0 spiro atoms. The second-order valence-corrected chi connectivity index (χ2v) is 4.01. The second kappa shape index (κ2) is 5.01. The van der Waals surface area contributed by atoms with Gasteiger partial charge in [-0.3, -0.25) is 9.59 Å². The molecule has 86 valence electrons. The molecule has 0 aliphatic rings. The Morgan fingerprint density at radius 3 is 2.06 bits per heavy atom. The minimum absolute atomic E-state index is 0.219.